The van der Waals surface area contributed by atoms with Crippen LogP contribution in [0.5, 0.6) is 0 Å². The van der Waals surface area contributed by atoms with Crippen LogP contribution in [0.15, 0.2) is 27.8 Å². The normalized spacial score (nSPS) is 12.2. The van der Waals surface area contributed by atoms with Gasteiger partial charge in [-0.15, -0.1) is 6.42 Å². The summed E-state index contributed by atoms with van der Waals surface area (Å²) >= 11 is 1.24. The van der Waals surface area contributed by atoms with Crippen molar-refractivity contribution < 1.29 is 0 Å². The van der Waals surface area contributed by atoms with E-state index in [2.05, 4.69) is 28.5 Å². The predicted octanol–water partition coefficient (Wildman–Crippen LogP) is 2.74. The Kier molecular flexibility index (Phi) is 4.64. The fraction of sp³-hybridized carbons (Fsp3) is 0.261. The minimum Gasteiger partial charge on any atom is -0.332 e. The lowest BCUT2D eigenvalue weighted by Gasteiger charge is -2.05. The zero-order valence-electron chi connectivity index (χ0n) is 16.9. The van der Waals surface area contributed by atoms with Crippen LogP contribution in [0.1, 0.15) is 35.0 Å². The summed E-state index contributed by atoms with van der Waals surface area (Å²) in [6.07, 6.45) is 8.01. The maximum absolute atomic E-state index is 13.0. The van der Waals surface area contributed by atoms with Crippen molar-refractivity contribution in [2.24, 2.45) is 0 Å². The fourth-order valence-corrected chi connectivity index (χ4v) is 4.97. The molecular weight excluding hydrogens is 382 g/mol. The molecule has 0 unspecified atom stereocenters. The van der Waals surface area contributed by atoms with Crippen molar-refractivity contribution in [2.45, 2.75) is 40.7 Å². The number of hydrogen-bond acceptors (Lipinski definition) is 4. The van der Waals surface area contributed by atoms with Crippen molar-refractivity contribution in [3.8, 4) is 12.3 Å². The molecule has 1 aromatic carbocycles. The molecule has 0 atom stereocenters. The number of benzene rings is 1. The Hall–Kier alpha value is -3.17. The van der Waals surface area contributed by atoms with Crippen molar-refractivity contribution in [1.29, 1.82) is 0 Å². The Morgan fingerprint density at radius 1 is 1.21 bits per heavy atom. The summed E-state index contributed by atoms with van der Waals surface area (Å²) < 4.78 is 3.79. The summed E-state index contributed by atoms with van der Waals surface area (Å²) in [5.74, 6) is 2.72. The van der Waals surface area contributed by atoms with Crippen LogP contribution in [0, 0.1) is 33.1 Å². The molecule has 0 fully saturated rings. The summed E-state index contributed by atoms with van der Waals surface area (Å²) in [4.78, 5) is 30.7. The second-order valence-corrected chi connectivity index (χ2v) is 8.14. The van der Waals surface area contributed by atoms with Crippen LogP contribution in [0.4, 0.5) is 0 Å². The Morgan fingerprint density at radius 2 is 1.97 bits per heavy atom. The smallest absolute Gasteiger partial charge is 0.277 e. The summed E-state index contributed by atoms with van der Waals surface area (Å²) in [5.41, 5.74) is 4.82. The van der Waals surface area contributed by atoms with E-state index in [-0.39, 0.29) is 11.1 Å². The van der Waals surface area contributed by atoms with Gasteiger partial charge in [-0.25, -0.2) is 9.38 Å². The maximum Gasteiger partial charge on any atom is 0.277 e. The summed E-state index contributed by atoms with van der Waals surface area (Å²) in [6.45, 7) is 8.22. The van der Waals surface area contributed by atoms with E-state index in [0.29, 0.717) is 33.7 Å². The van der Waals surface area contributed by atoms with Crippen LogP contribution in [-0.2, 0) is 13.0 Å². The zero-order valence-corrected chi connectivity index (χ0v) is 17.7. The van der Waals surface area contributed by atoms with Gasteiger partial charge in [0.2, 0.25) is 4.96 Å². The average Bonchev–Trinajstić information content (AvgIpc) is 3.13. The van der Waals surface area contributed by atoms with Crippen molar-refractivity contribution in [3.05, 3.63) is 71.5 Å². The van der Waals surface area contributed by atoms with Crippen LogP contribution >= 0.6 is 11.3 Å². The van der Waals surface area contributed by atoms with Crippen LogP contribution in [0.3, 0.4) is 0 Å². The van der Waals surface area contributed by atoms with Gasteiger partial charge in [-0.1, -0.05) is 42.4 Å². The van der Waals surface area contributed by atoms with Crippen molar-refractivity contribution in [3.63, 3.8) is 0 Å². The molecule has 4 aromatic rings. The molecule has 0 saturated heterocycles. The lowest BCUT2D eigenvalue weighted by molar-refractivity contribution is 0.843. The Labute approximate surface area is 171 Å². The highest BCUT2D eigenvalue weighted by atomic mass is 32.1. The third-order valence-electron chi connectivity index (χ3n) is 5.44. The number of nitrogens with zero attached hydrogens (tertiary/aromatic N) is 3. The van der Waals surface area contributed by atoms with Gasteiger partial charge >= 0.3 is 0 Å². The molecule has 0 spiro atoms. The van der Waals surface area contributed by atoms with Gasteiger partial charge in [0.15, 0.2) is 0 Å². The average molecular weight is 404 g/mol. The third-order valence-corrected chi connectivity index (χ3v) is 6.41. The van der Waals surface area contributed by atoms with Crippen LogP contribution < -0.4 is 15.7 Å². The Bertz CT molecular complexity index is 1500. The molecule has 0 aliphatic carbocycles. The molecule has 0 aliphatic rings. The molecular formula is C23H21N3O2S. The van der Waals surface area contributed by atoms with E-state index in [1.807, 2.05) is 39.0 Å². The maximum atomic E-state index is 13.0. The first kappa shape index (κ1) is 19.2. The molecule has 29 heavy (non-hydrogen) atoms. The molecule has 146 valence electrons. The van der Waals surface area contributed by atoms with Gasteiger partial charge in [0.25, 0.3) is 11.1 Å². The number of terminal acetylenes is 1. The number of thiazole rings is 1. The molecule has 0 aliphatic heterocycles. The first-order chi connectivity index (χ1) is 13.9. The lowest BCUT2D eigenvalue weighted by atomic mass is 10.1. The van der Waals surface area contributed by atoms with E-state index in [1.165, 1.54) is 15.7 Å². The number of hydrogen-bond donors (Lipinski definition) is 0. The molecule has 3 heterocycles. The van der Waals surface area contributed by atoms with Gasteiger partial charge in [0.1, 0.15) is 0 Å². The number of para-hydroxylation sites is 1. The van der Waals surface area contributed by atoms with Gasteiger partial charge in [0, 0.05) is 27.9 Å². The van der Waals surface area contributed by atoms with Crippen LogP contribution in [0.25, 0.3) is 21.9 Å². The van der Waals surface area contributed by atoms with Gasteiger partial charge in [-0.05, 0) is 38.8 Å². The Morgan fingerprint density at radius 3 is 2.66 bits per heavy atom. The van der Waals surface area contributed by atoms with Crippen molar-refractivity contribution in [1.82, 2.24) is 14.0 Å². The van der Waals surface area contributed by atoms with E-state index < -0.39 is 0 Å². The zero-order chi connectivity index (χ0) is 20.9. The second kappa shape index (κ2) is 7.02. The highest BCUT2D eigenvalue weighted by molar-refractivity contribution is 7.15. The highest BCUT2D eigenvalue weighted by Crippen LogP contribution is 2.29. The van der Waals surface area contributed by atoms with E-state index in [0.717, 1.165) is 27.7 Å². The quantitative estimate of drug-likeness (QED) is 0.494. The van der Waals surface area contributed by atoms with Crippen molar-refractivity contribution in [2.75, 3.05) is 0 Å². The molecule has 5 nitrogen and oxygen atoms in total. The lowest BCUT2D eigenvalue weighted by Crippen LogP contribution is -2.33. The van der Waals surface area contributed by atoms with E-state index in [9.17, 15) is 9.59 Å². The SMILES string of the molecule is C#CCn1c(C)c(/C=c2\sc3nc(C)c(CC)c(=O)n3c2=O)c2cccc(C)c21. The minimum absolute atomic E-state index is 0.266. The van der Waals surface area contributed by atoms with Gasteiger partial charge in [0.05, 0.1) is 16.6 Å². The van der Waals surface area contributed by atoms with E-state index in [1.54, 1.807) is 0 Å². The van der Waals surface area contributed by atoms with E-state index >= 15 is 0 Å². The summed E-state index contributed by atoms with van der Waals surface area (Å²) in [7, 11) is 0. The monoisotopic (exact) mass is 403 g/mol. The molecule has 4 rings (SSSR count). The van der Waals surface area contributed by atoms with E-state index in [4.69, 9.17) is 6.42 Å². The minimum atomic E-state index is -0.317. The highest BCUT2D eigenvalue weighted by Gasteiger charge is 2.16. The molecule has 0 radical (unpaired) electrons. The standard InChI is InChI=1S/C23H21N3O2S/c1-6-11-25-15(5)18(17-10-8-9-13(3)20(17)25)12-19-22(28)26-21(27)16(7-2)14(4)24-23(26)29-19/h1,8-10,12H,7,11H2,2-5H3/b19-12-. The second-order valence-electron chi connectivity index (χ2n) is 7.13. The van der Waals surface area contributed by atoms with Crippen LogP contribution in [-0.4, -0.2) is 14.0 Å². The number of aromatic nitrogens is 3. The first-order valence-corrected chi connectivity index (χ1v) is 10.3. The predicted molar refractivity (Wildman–Crippen MR) is 119 cm³/mol. The largest absolute Gasteiger partial charge is 0.332 e. The summed E-state index contributed by atoms with van der Waals surface area (Å²) in [5, 5.41) is 1.04. The molecule has 0 N–H and O–H groups in total. The molecule has 0 bridgehead atoms. The molecule has 6 heteroatoms. The fourth-order valence-electron chi connectivity index (χ4n) is 3.98. The van der Waals surface area contributed by atoms with Gasteiger partial charge < -0.3 is 4.57 Å². The third kappa shape index (κ3) is 2.81. The number of fused-ring (bicyclic) bond motifs is 2. The van der Waals surface area contributed by atoms with Crippen LogP contribution in [0.2, 0.25) is 0 Å². The Balaban J connectivity index is 2.10. The number of rotatable bonds is 3. The van der Waals surface area contributed by atoms with Crippen molar-refractivity contribution >= 4 is 33.3 Å². The van der Waals surface area contributed by atoms with Gasteiger partial charge in [-0.3, -0.25) is 9.59 Å². The molecule has 0 saturated carbocycles. The summed E-state index contributed by atoms with van der Waals surface area (Å²) in [6, 6.07) is 6.09. The van der Waals surface area contributed by atoms with Gasteiger partial charge in [-0.2, -0.15) is 0 Å². The molecule has 0 amide bonds. The topological polar surface area (TPSA) is 56.4 Å². The first-order valence-electron chi connectivity index (χ1n) is 9.47. The number of aryl methyl sites for hydroxylation is 2. The molecule has 3 aromatic heterocycles.